The third-order valence-electron chi connectivity index (χ3n) is 2.25. The lowest BCUT2D eigenvalue weighted by Crippen LogP contribution is -2.40. The maximum absolute atomic E-state index is 5.27. The van der Waals surface area contributed by atoms with Crippen LogP contribution < -0.4 is 5.32 Å². The fourth-order valence-corrected chi connectivity index (χ4v) is 1.53. The van der Waals surface area contributed by atoms with Gasteiger partial charge < -0.3 is 10.1 Å². The molecule has 0 atom stereocenters. The maximum atomic E-state index is 5.27. The summed E-state index contributed by atoms with van der Waals surface area (Å²) in [5.74, 6) is 0. The predicted octanol–water partition coefficient (Wildman–Crippen LogP) is 0.274. The molecule has 3 nitrogen and oxygen atoms in total. The van der Waals surface area contributed by atoms with E-state index >= 15 is 0 Å². The summed E-state index contributed by atoms with van der Waals surface area (Å²) in [6, 6.07) is 0. The van der Waals surface area contributed by atoms with Crippen LogP contribution in [0.15, 0.2) is 0 Å². The molecule has 11 heavy (non-hydrogen) atoms. The monoisotopic (exact) mass is 158 g/mol. The summed E-state index contributed by atoms with van der Waals surface area (Å²) in [6.07, 6.45) is 2.86. The highest BCUT2D eigenvalue weighted by molar-refractivity contribution is 4.70. The van der Waals surface area contributed by atoms with Crippen LogP contribution in [0.3, 0.4) is 0 Å². The van der Waals surface area contributed by atoms with E-state index in [0.29, 0.717) is 6.10 Å². The summed E-state index contributed by atoms with van der Waals surface area (Å²) in [6.45, 7) is 3.34. The second kappa shape index (κ2) is 4.70. The zero-order chi connectivity index (χ0) is 8.10. The van der Waals surface area contributed by atoms with Crippen LogP contribution in [0.1, 0.15) is 12.8 Å². The number of nitrogens with zero attached hydrogens (tertiary/aromatic N) is 1. The minimum absolute atomic E-state index is 0.503. The van der Waals surface area contributed by atoms with Gasteiger partial charge in [-0.05, 0) is 19.9 Å². The van der Waals surface area contributed by atoms with Crippen LogP contribution in [0.25, 0.3) is 0 Å². The van der Waals surface area contributed by atoms with Crippen molar-refractivity contribution in [1.29, 1.82) is 0 Å². The molecule has 1 rings (SSSR count). The Labute approximate surface area is 68.7 Å². The molecule has 0 radical (unpaired) electrons. The Morgan fingerprint density at radius 3 is 2.55 bits per heavy atom. The van der Waals surface area contributed by atoms with Crippen LogP contribution >= 0.6 is 0 Å². The molecule has 1 N–H and O–H groups in total. The molecule has 0 unspecified atom stereocenters. The van der Waals surface area contributed by atoms with Crippen LogP contribution in [-0.4, -0.2) is 44.9 Å². The molecular weight excluding hydrogens is 140 g/mol. The molecule has 66 valence electrons. The van der Waals surface area contributed by atoms with Gasteiger partial charge in [0.2, 0.25) is 0 Å². The molecule has 1 aliphatic heterocycles. The highest BCUT2D eigenvalue weighted by Crippen LogP contribution is 2.11. The first-order chi connectivity index (χ1) is 5.36. The largest absolute Gasteiger partial charge is 0.381 e. The average Bonchev–Trinajstić information content (AvgIpc) is 2.07. The van der Waals surface area contributed by atoms with E-state index in [-0.39, 0.29) is 0 Å². The molecular formula is C8H18N2O. The van der Waals surface area contributed by atoms with E-state index in [2.05, 4.69) is 10.2 Å². The van der Waals surface area contributed by atoms with Crippen molar-refractivity contribution >= 4 is 0 Å². The summed E-state index contributed by atoms with van der Waals surface area (Å²) in [5, 5.41) is 3.16. The van der Waals surface area contributed by atoms with Gasteiger partial charge in [-0.3, -0.25) is 4.90 Å². The van der Waals surface area contributed by atoms with Crippen LogP contribution in [0.4, 0.5) is 0 Å². The second-order valence-electron chi connectivity index (χ2n) is 3.06. The van der Waals surface area contributed by atoms with Gasteiger partial charge in [-0.2, -0.15) is 0 Å². The Kier molecular flexibility index (Phi) is 3.83. The van der Waals surface area contributed by atoms with Gasteiger partial charge in [0, 0.05) is 26.9 Å². The van der Waals surface area contributed by atoms with Gasteiger partial charge in [-0.15, -0.1) is 0 Å². The average molecular weight is 158 g/mol. The van der Waals surface area contributed by atoms with E-state index < -0.39 is 0 Å². The lowest BCUT2D eigenvalue weighted by atomic mass is 10.1. The van der Waals surface area contributed by atoms with E-state index in [4.69, 9.17) is 4.74 Å². The number of piperidine rings is 1. The molecule has 0 aromatic carbocycles. The fraction of sp³-hybridized carbons (Fsp3) is 1.00. The van der Waals surface area contributed by atoms with E-state index in [1.165, 1.54) is 25.9 Å². The molecule has 1 saturated heterocycles. The number of rotatable bonds is 3. The van der Waals surface area contributed by atoms with Crippen molar-refractivity contribution in [3.8, 4) is 0 Å². The zero-order valence-corrected chi connectivity index (χ0v) is 7.47. The first-order valence-corrected chi connectivity index (χ1v) is 4.26. The third-order valence-corrected chi connectivity index (χ3v) is 2.25. The quantitative estimate of drug-likeness (QED) is 0.638. The molecule has 0 saturated carbocycles. The van der Waals surface area contributed by atoms with Crippen molar-refractivity contribution in [2.45, 2.75) is 18.9 Å². The van der Waals surface area contributed by atoms with E-state index in [1.807, 2.05) is 7.05 Å². The molecule has 1 aliphatic rings. The molecule has 1 fully saturated rings. The van der Waals surface area contributed by atoms with E-state index in [9.17, 15) is 0 Å². The number of nitrogens with one attached hydrogen (secondary N) is 1. The lowest BCUT2D eigenvalue weighted by molar-refractivity contribution is 0.0395. The number of hydrogen-bond acceptors (Lipinski definition) is 3. The molecule has 1 heterocycles. The van der Waals surface area contributed by atoms with Crippen LogP contribution in [0, 0.1) is 0 Å². The van der Waals surface area contributed by atoms with Gasteiger partial charge in [-0.25, -0.2) is 0 Å². The van der Waals surface area contributed by atoms with Gasteiger partial charge in [0.05, 0.1) is 6.10 Å². The van der Waals surface area contributed by atoms with Crippen molar-refractivity contribution in [2.75, 3.05) is 33.9 Å². The second-order valence-corrected chi connectivity index (χ2v) is 3.06. The Bertz CT molecular complexity index is 100. The Hall–Kier alpha value is -0.120. The van der Waals surface area contributed by atoms with Gasteiger partial charge in [0.15, 0.2) is 0 Å². The van der Waals surface area contributed by atoms with Crippen molar-refractivity contribution in [1.82, 2.24) is 10.2 Å². The summed E-state index contributed by atoms with van der Waals surface area (Å²) in [4.78, 5) is 2.41. The first-order valence-electron chi connectivity index (χ1n) is 4.26. The molecule has 0 aromatic heterocycles. The van der Waals surface area contributed by atoms with Crippen molar-refractivity contribution < 1.29 is 4.74 Å². The molecule has 0 aromatic rings. The van der Waals surface area contributed by atoms with Gasteiger partial charge in [0.1, 0.15) is 0 Å². The minimum atomic E-state index is 0.503. The van der Waals surface area contributed by atoms with Crippen molar-refractivity contribution in [3.05, 3.63) is 0 Å². The number of ether oxygens (including phenoxy) is 1. The van der Waals surface area contributed by atoms with Crippen LogP contribution in [0.5, 0.6) is 0 Å². The van der Waals surface area contributed by atoms with Crippen LogP contribution in [0.2, 0.25) is 0 Å². The summed E-state index contributed by atoms with van der Waals surface area (Å²) < 4.78 is 5.27. The fourth-order valence-electron chi connectivity index (χ4n) is 1.53. The summed E-state index contributed by atoms with van der Waals surface area (Å²) in [7, 11) is 3.79. The molecule has 0 aliphatic carbocycles. The zero-order valence-electron chi connectivity index (χ0n) is 7.47. The Morgan fingerprint density at radius 1 is 1.45 bits per heavy atom. The topological polar surface area (TPSA) is 24.5 Å². The number of hydrogen-bond donors (Lipinski definition) is 1. The number of likely N-dealkylation sites (tertiary alicyclic amines) is 1. The summed E-state index contributed by atoms with van der Waals surface area (Å²) in [5.41, 5.74) is 0. The molecule has 0 spiro atoms. The van der Waals surface area contributed by atoms with Crippen molar-refractivity contribution in [2.24, 2.45) is 0 Å². The highest BCUT2D eigenvalue weighted by atomic mass is 16.5. The Balaban J connectivity index is 2.14. The highest BCUT2D eigenvalue weighted by Gasteiger charge is 2.17. The van der Waals surface area contributed by atoms with Gasteiger partial charge in [-0.1, -0.05) is 0 Å². The molecule has 0 amide bonds. The normalized spacial score (nSPS) is 22.4. The third kappa shape index (κ3) is 2.77. The van der Waals surface area contributed by atoms with E-state index in [0.717, 1.165) is 6.67 Å². The van der Waals surface area contributed by atoms with E-state index in [1.54, 1.807) is 7.11 Å². The summed E-state index contributed by atoms with van der Waals surface area (Å²) >= 11 is 0. The number of methoxy groups -OCH3 is 1. The lowest BCUT2D eigenvalue weighted by Gasteiger charge is -2.30. The van der Waals surface area contributed by atoms with Gasteiger partial charge in [0.25, 0.3) is 0 Å². The minimum Gasteiger partial charge on any atom is -0.381 e. The SMILES string of the molecule is CNCN1CCC(OC)CC1. The standard InChI is InChI=1S/C8H18N2O/c1-9-7-10-5-3-8(11-2)4-6-10/h8-9H,3-7H2,1-2H3. The first kappa shape index (κ1) is 8.97. The van der Waals surface area contributed by atoms with Gasteiger partial charge >= 0.3 is 0 Å². The smallest absolute Gasteiger partial charge is 0.0595 e. The van der Waals surface area contributed by atoms with Crippen molar-refractivity contribution in [3.63, 3.8) is 0 Å². The molecule has 0 bridgehead atoms. The predicted molar refractivity (Wildman–Crippen MR) is 45.5 cm³/mol. The Morgan fingerprint density at radius 2 is 2.09 bits per heavy atom. The molecule has 3 heteroatoms. The van der Waals surface area contributed by atoms with Crippen LogP contribution in [-0.2, 0) is 4.74 Å². The maximum Gasteiger partial charge on any atom is 0.0595 e.